The summed E-state index contributed by atoms with van der Waals surface area (Å²) < 4.78 is 11.5. The van der Waals surface area contributed by atoms with Gasteiger partial charge in [-0.05, 0) is 44.0 Å². The highest BCUT2D eigenvalue weighted by Crippen LogP contribution is 2.19. The molecule has 0 atom stereocenters. The fraction of sp³-hybridized carbons (Fsp3) is 0.381. The number of unbranched alkanes of at least 4 members (excludes halogenated alkanes) is 1. The minimum Gasteiger partial charge on any atom is -0.494 e. The summed E-state index contributed by atoms with van der Waals surface area (Å²) in [6, 6.07) is 18.3. The first-order valence-electron chi connectivity index (χ1n) is 8.73. The summed E-state index contributed by atoms with van der Waals surface area (Å²) in [5, 5.41) is 12.0. The predicted molar refractivity (Wildman–Crippen MR) is 99.5 cm³/mol. The van der Waals surface area contributed by atoms with E-state index in [2.05, 4.69) is 23.5 Å². The molecule has 4 heteroatoms. The third kappa shape index (κ3) is 6.86. The van der Waals surface area contributed by atoms with E-state index >= 15 is 0 Å². The zero-order valence-corrected chi connectivity index (χ0v) is 15.0. The number of ether oxygens (including phenoxy) is 2. The summed E-state index contributed by atoms with van der Waals surface area (Å²) in [6.45, 7) is 6.14. The molecule has 0 amide bonds. The number of nitrogens with zero attached hydrogens (tertiary/aromatic N) is 1. The van der Waals surface area contributed by atoms with Gasteiger partial charge in [0.2, 0.25) is 0 Å². The first-order chi connectivity index (χ1) is 12.2. The van der Waals surface area contributed by atoms with Crippen molar-refractivity contribution >= 4 is 0 Å². The number of benzene rings is 2. The summed E-state index contributed by atoms with van der Waals surface area (Å²) in [6.07, 6.45) is 1.45. The molecule has 0 fully saturated rings. The number of nitriles is 1. The van der Waals surface area contributed by atoms with Crippen molar-refractivity contribution in [2.75, 3.05) is 6.61 Å². The summed E-state index contributed by atoms with van der Waals surface area (Å²) in [4.78, 5) is 0. The maximum absolute atomic E-state index is 8.54. The summed E-state index contributed by atoms with van der Waals surface area (Å²) in [5.41, 5.74) is 2.32. The van der Waals surface area contributed by atoms with Gasteiger partial charge in [-0.2, -0.15) is 5.26 Å². The highest BCUT2D eigenvalue weighted by molar-refractivity contribution is 5.33. The lowest BCUT2D eigenvalue weighted by molar-refractivity contribution is 0.239. The highest BCUT2D eigenvalue weighted by atomic mass is 16.5. The van der Waals surface area contributed by atoms with Crippen molar-refractivity contribution < 1.29 is 9.47 Å². The van der Waals surface area contributed by atoms with Gasteiger partial charge < -0.3 is 14.8 Å². The zero-order valence-electron chi connectivity index (χ0n) is 15.0. The molecular formula is C21H26N2O2. The van der Waals surface area contributed by atoms with Crippen LogP contribution in [0, 0.1) is 11.3 Å². The summed E-state index contributed by atoms with van der Waals surface area (Å²) in [7, 11) is 0. The molecule has 0 aliphatic heterocycles. The summed E-state index contributed by atoms with van der Waals surface area (Å²) in [5.74, 6) is 1.78. The molecule has 0 spiro atoms. The molecule has 2 aromatic carbocycles. The molecule has 25 heavy (non-hydrogen) atoms. The second-order valence-corrected chi connectivity index (χ2v) is 6.14. The van der Waals surface area contributed by atoms with Gasteiger partial charge in [-0.1, -0.05) is 30.3 Å². The Morgan fingerprint density at radius 3 is 2.72 bits per heavy atom. The van der Waals surface area contributed by atoms with Gasteiger partial charge in [0, 0.05) is 25.1 Å². The monoisotopic (exact) mass is 338 g/mol. The fourth-order valence-corrected chi connectivity index (χ4v) is 2.45. The lowest BCUT2D eigenvalue weighted by atomic mass is 10.1. The maximum Gasteiger partial charge on any atom is 0.124 e. The number of hydrogen-bond acceptors (Lipinski definition) is 4. The van der Waals surface area contributed by atoms with Crippen molar-refractivity contribution in [3.8, 4) is 17.6 Å². The normalized spacial score (nSPS) is 10.5. The van der Waals surface area contributed by atoms with Gasteiger partial charge in [0.05, 0.1) is 18.8 Å². The van der Waals surface area contributed by atoms with Crippen molar-refractivity contribution in [1.82, 2.24) is 5.32 Å². The van der Waals surface area contributed by atoms with Crippen LogP contribution in [0.5, 0.6) is 11.5 Å². The zero-order chi connectivity index (χ0) is 17.9. The first-order valence-corrected chi connectivity index (χ1v) is 8.73. The lowest BCUT2D eigenvalue weighted by Crippen LogP contribution is -2.15. The topological polar surface area (TPSA) is 54.3 Å². The Kier molecular flexibility index (Phi) is 7.81. The SMILES string of the molecule is CC(C)Oc1ccccc1CNCc1cccc(OCCCC#N)c1. The molecule has 0 aliphatic carbocycles. The van der Waals surface area contributed by atoms with E-state index in [4.69, 9.17) is 14.7 Å². The molecule has 0 aliphatic rings. The van der Waals surface area contributed by atoms with Gasteiger partial charge >= 0.3 is 0 Å². The van der Waals surface area contributed by atoms with Gasteiger partial charge in [0.15, 0.2) is 0 Å². The van der Waals surface area contributed by atoms with Gasteiger partial charge in [0.25, 0.3) is 0 Å². The minimum absolute atomic E-state index is 0.163. The first kappa shape index (κ1) is 18.8. The van der Waals surface area contributed by atoms with Crippen LogP contribution in [0.15, 0.2) is 48.5 Å². The number of rotatable bonds is 10. The van der Waals surface area contributed by atoms with E-state index in [9.17, 15) is 0 Å². The second-order valence-electron chi connectivity index (χ2n) is 6.14. The fourth-order valence-electron chi connectivity index (χ4n) is 2.45. The van der Waals surface area contributed by atoms with E-state index in [0.717, 1.165) is 36.6 Å². The number of hydrogen-bond donors (Lipinski definition) is 1. The van der Waals surface area contributed by atoms with Gasteiger partial charge in [-0.3, -0.25) is 0 Å². The van der Waals surface area contributed by atoms with Gasteiger partial charge in [-0.25, -0.2) is 0 Å². The van der Waals surface area contributed by atoms with Crippen LogP contribution in [0.4, 0.5) is 0 Å². The van der Waals surface area contributed by atoms with Crippen LogP contribution in [0.25, 0.3) is 0 Å². The van der Waals surface area contributed by atoms with Crippen LogP contribution in [0.2, 0.25) is 0 Å². The average molecular weight is 338 g/mol. The average Bonchev–Trinajstić information content (AvgIpc) is 2.60. The van der Waals surface area contributed by atoms with Gasteiger partial charge in [0.1, 0.15) is 11.5 Å². The lowest BCUT2D eigenvalue weighted by Gasteiger charge is -2.15. The Morgan fingerprint density at radius 2 is 1.92 bits per heavy atom. The van der Waals surface area contributed by atoms with E-state index < -0.39 is 0 Å². The second kappa shape index (κ2) is 10.4. The molecule has 2 aromatic rings. The molecule has 1 N–H and O–H groups in total. The van der Waals surface area contributed by atoms with Crippen LogP contribution in [-0.2, 0) is 13.1 Å². The standard InChI is InChI=1S/C21H26N2O2/c1-17(2)25-21-11-4-3-9-19(21)16-23-15-18-8-7-10-20(14-18)24-13-6-5-12-22/h3-4,7-11,14,17,23H,5-6,13,15-16H2,1-2H3. The van der Waals surface area contributed by atoms with Crippen molar-refractivity contribution in [3.63, 3.8) is 0 Å². The molecule has 0 bridgehead atoms. The Labute approximate surface area is 150 Å². The number of para-hydroxylation sites is 1. The molecule has 0 saturated carbocycles. The summed E-state index contributed by atoms with van der Waals surface area (Å²) >= 11 is 0. The van der Waals surface area contributed by atoms with Crippen molar-refractivity contribution in [1.29, 1.82) is 5.26 Å². The molecule has 0 radical (unpaired) electrons. The Hall–Kier alpha value is -2.51. The van der Waals surface area contributed by atoms with Crippen LogP contribution < -0.4 is 14.8 Å². The molecule has 0 aromatic heterocycles. The highest BCUT2D eigenvalue weighted by Gasteiger charge is 2.05. The van der Waals surface area contributed by atoms with Crippen molar-refractivity contribution in [2.24, 2.45) is 0 Å². The van der Waals surface area contributed by atoms with E-state index in [1.54, 1.807) is 0 Å². The molecule has 2 rings (SSSR count). The third-order valence-corrected chi connectivity index (χ3v) is 3.58. The van der Waals surface area contributed by atoms with Crippen LogP contribution in [0.1, 0.15) is 37.8 Å². The van der Waals surface area contributed by atoms with E-state index in [0.29, 0.717) is 13.0 Å². The Balaban J connectivity index is 1.85. The molecule has 132 valence electrons. The molecule has 0 unspecified atom stereocenters. The van der Waals surface area contributed by atoms with Crippen molar-refractivity contribution in [3.05, 3.63) is 59.7 Å². The van der Waals surface area contributed by atoms with Crippen LogP contribution >= 0.6 is 0 Å². The molecule has 4 nitrogen and oxygen atoms in total. The van der Waals surface area contributed by atoms with Crippen molar-refractivity contribution in [2.45, 2.75) is 45.9 Å². The molecule has 0 heterocycles. The predicted octanol–water partition coefficient (Wildman–Crippen LogP) is 4.45. The van der Waals surface area contributed by atoms with E-state index in [-0.39, 0.29) is 6.10 Å². The quantitative estimate of drug-likeness (QED) is 0.650. The maximum atomic E-state index is 8.54. The molecular weight excluding hydrogens is 312 g/mol. The van der Waals surface area contributed by atoms with E-state index in [1.807, 2.05) is 50.2 Å². The minimum atomic E-state index is 0.163. The molecule has 0 saturated heterocycles. The van der Waals surface area contributed by atoms with Crippen LogP contribution in [0.3, 0.4) is 0 Å². The van der Waals surface area contributed by atoms with Crippen LogP contribution in [-0.4, -0.2) is 12.7 Å². The smallest absolute Gasteiger partial charge is 0.124 e. The number of nitrogens with one attached hydrogen (secondary N) is 1. The Bertz CT molecular complexity index is 692. The van der Waals surface area contributed by atoms with E-state index in [1.165, 1.54) is 5.56 Å². The van der Waals surface area contributed by atoms with Gasteiger partial charge in [-0.15, -0.1) is 0 Å². The third-order valence-electron chi connectivity index (χ3n) is 3.58. The Morgan fingerprint density at radius 1 is 1.08 bits per heavy atom. The largest absolute Gasteiger partial charge is 0.494 e.